The summed E-state index contributed by atoms with van der Waals surface area (Å²) in [6.45, 7) is 5.74. The Labute approximate surface area is 168 Å². The lowest BCUT2D eigenvalue weighted by Gasteiger charge is -2.20. The highest BCUT2D eigenvalue weighted by molar-refractivity contribution is 5.97. The van der Waals surface area contributed by atoms with Crippen molar-refractivity contribution < 1.29 is 9.59 Å². The van der Waals surface area contributed by atoms with Gasteiger partial charge >= 0.3 is 0 Å². The molecule has 0 atom stereocenters. The van der Waals surface area contributed by atoms with Crippen LogP contribution in [-0.4, -0.2) is 27.1 Å². The van der Waals surface area contributed by atoms with E-state index in [4.69, 9.17) is 0 Å². The zero-order valence-corrected chi connectivity index (χ0v) is 16.9. The number of nitrogens with zero attached hydrogens (tertiary/aromatic N) is 2. The van der Waals surface area contributed by atoms with Gasteiger partial charge in [-0.1, -0.05) is 18.2 Å². The van der Waals surface area contributed by atoms with Crippen molar-refractivity contribution in [3.63, 3.8) is 0 Å². The number of carbonyl (C=O) groups is 2. The van der Waals surface area contributed by atoms with Gasteiger partial charge in [0.15, 0.2) is 0 Å². The third kappa shape index (κ3) is 4.87. The SMILES string of the molecule is Cn1nc(CC(=O)Nc2ccc(C(=O)NC(C)(C)C)cc2)c2ccccc2c1=O. The molecule has 2 amide bonds. The van der Waals surface area contributed by atoms with E-state index < -0.39 is 0 Å². The van der Waals surface area contributed by atoms with Crippen LogP contribution in [0.5, 0.6) is 0 Å². The lowest BCUT2D eigenvalue weighted by atomic mass is 10.1. The number of aryl methyl sites for hydroxylation is 1. The molecule has 0 spiro atoms. The molecule has 0 bridgehead atoms. The van der Waals surface area contributed by atoms with Crippen LogP contribution in [0.1, 0.15) is 36.8 Å². The Hall–Kier alpha value is -3.48. The fourth-order valence-electron chi connectivity index (χ4n) is 2.98. The van der Waals surface area contributed by atoms with Crippen molar-refractivity contribution in [1.29, 1.82) is 0 Å². The highest BCUT2D eigenvalue weighted by Crippen LogP contribution is 2.15. The molecule has 1 heterocycles. The van der Waals surface area contributed by atoms with Gasteiger partial charge in [-0.15, -0.1) is 0 Å². The van der Waals surface area contributed by atoms with Crippen LogP contribution in [-0.2, 0) is 18.3 Å². The van der Waals surface area contributed by atoms with Crippen molar-refractivity contribution in [1.82, 2.24) is 15.1 Å². The Morgan fingerprint density at radius 2 is 1.62 bits per heavy atom. The number of aromatic nitrogens is 2. The summed E-state index contributed by atoms with van der Waals surface area (Å²) < 4.78 is 1.24. The molecule has 3 rings (SSSR count). The predicted molar refractivity (Wildman–Crippen MR) is 113 cm³/mol. The monoisotopic (exact) mass is 392 g/mol. The molecule has 3 aromatic rings. The van der Waals surface area contributed by atoms with Gasteiger partial charge in [0.2, 0.25) is 5.91 Å². The Morgan fingerprint density at radius 1 is 1.00 bits per heavy atom. The molecule has 0 fully saturated rings. The predicted octanol–water partition coefficient (Wildman–Crippen LogP) is 2.64. The first-order valence-electron chi connectivity index (χ1n) is 9.31. The van der Waals surface area contributed by atoms with Crippen molar-refractivity contribution in [3.05, 3.63) is 70.1 Å². The van der Waals surface area contributed by atoms with E-state index in [9.17, 15) is 14.4 Å². The maximum atomic E-state index is 12.5. The minimum atomic E-state index is -0.324. The van der Waals surface area contributed by atoms with Crippen LogP contribution >= 0.6 is 0 Å². The second-order valence-corrected chi connectivity index (χ2v) is 7.93. The smallest absolute Gasteiger partial charge is 0.274 e. The van der Waals surface area contributed by atoms with Gasteiger partial charge in [0.05, 0.1) is 17.5 Å². The van der Waals surface area contributed by atoms with Gasteiger partial charge < -0.3 is 10.6 Å². The van der Waals surface area contributed by atoms with Gasteiger partial charge in [0.25, 0.3) is 11.5 Å². The van der Waals surface area contributed by atoms with Gasteiger partial charge in [-0.3, -0.25) is 14.4 Å². The number of hydrogen-bond acceptors (Lipinski definition) is 4. The summed E-state index contributed by atoms with van der Waals surface area (Å²) >= 11 is 0. The van der Waals surface area contributed by atoms with Gasteiger partial charge in [-0.2, -0.15) is 5.10 Å². The highest BCUT2D eigenvalue weighted by Gasteiger charge is 2.16. The summed E-state index contributed by atoms with van der Waals surface area (Å²) in [6.07, 6.45) is 0.0287. The van der Waals surface area contributed by atoms with Crippen molar-refractivity contribution >= 4 is 28.3 Å². The Kier molecular flexibility index (Phi) is 5.50. The lowest BCUT2D eigenvalue weighted by Crippen LogP contribution is -2.40. The molecule has 0 unspecified atom stereocenters. The molecule has 2 aromatic carbocycles. The van der Waals surface area contributed by atoms with E-state index in [2.05, 4.69) is 15.7 Å². The van der Waals surface area contributed by atoms with Gasteiger partial charge in [0, 0.05) is 29.2 Å². The summed E-state index contributed by atoms with van der Waals surface area (Å²) in [5.41, 5.74) is 1.10. The Morgan fingerprint density at radius 3 is 2.24 bits per heavy atom. The number of amides is 2. The van der Waals surface area contributed by atoms with Gasteiger partial charge in [-0.05, 0) is 51.1 Å². The van der Waals surface area contributed by atoms with E-state index in [1.54, 1.807) is 49.5 Å². The average Bonchev–Trinajstić information content (AvgIpc) is 2.65. The molecule has 2 N–H and O–H groups in total. The highest BCUT2D eigenvalue weighted by atomic mass is 16.2. The first-order chi connectivity index (χ1) is 13.6. The number of carbonyl (C=O) groups excluding carboxylic acids is 2. The number of anilines is 1. The molecule has 150 valence electrons. The van der Waals surface area contributed by atoms with E-state index in [0.717, 1.165) is 0 Å². The number of benzene rings is 2. The topological polar surface area (TPSA) is 93.1 Å². The standard InChI is InChI=1S/C22H24N4O3/c1-22(2,3)24-20(28)14-9-11-15(12-10-14)23-19(27)13-18-16-7-5-6-8-17(16)21(29)26(4)25-18/h5-12H,13H2,1-4H3,(H,23,27)(H,24,28). The van der Waals surface area contributed by atoms with Crippen LogP contribution in [0.4, 0.5) is 5.69 Å². The largest absolute Gasteiger partial charge is 0.347 e. The maximum absolute atomic E-state index is 12.5. The van der Waals surface area contributed by atoms with Crippen molar-refractivity contribution in [2.45, 2.75) is 32.7 Å². The molecule has 7 nitrogen and oxygen atoms in total. The number of rotatable bonds is 4. The van der Waals surface area contributed by atoms with Crippen molar-refractivity contribution in [3.8, 4) is 0 Å². The molecular formula is C22H24N4O3. The average molecular weight is 392 g/mol. The van der Waals surface area contributed by atoms with Gasteiger partial charge in [0.1, 0.15) is 0 Å². The molecule has 0 radical (unpaired) electrons. The third-order valence-electron chi connectivity index (χ3n) is 4.28. The Balaban J connectivity index is 1.74. The zero-order chi connectivity index (χ0) is 21.2. The van der Waals surface area contributed by atoms with Crippen molar-refractivity contribution in [2.24, 2.45) is 7.05 Å². The maximum Gasteiger partial charge on any atom is 0.274 e. The van der Waals surface area contributed by atoms with Gasteiger partial charge in [-0.25, -0.2) is 4.68 Å². The first kappa shape index (κ1) is 20.3. The summed E-state index contributed by atoms with van der Waals surface area (Å²) in [5, 5.41) is 11.1. The quantitative estimate of drug-likeness (QED) is 0.714. The first-order valence-corrected chi connectivity index (χ1v) is 9.31. The molecule has 0 aliphatic rings. The zero-order valence-electron chi connectivity index (χ0n) is 16.9. The molecule has 0 saturated carbocycles. The molecule has 1 aromatic heterocycles. The number of fused-ring (bicyclic) bond motifs is 1. The summed E-state index contributed by atoms with van der Waals surface area (Å²) in [7, 11) is 1.57. The third-order valence-corrected chi connectivity index (χ3v) is 4.28. The lowest BCUT2D eigenvalue weighted by molar-refractivity contribution is -0.115. The molecule has 0 aliphatic heterocycles. The van der Waals surface area contributed by atoms with Crippen LogP contribution in [0.25, 0.3) is 10.8 Å². The summed E-state index contributed by atoms with van der Waals surface area (Å²) in [4.78, 5) is 36.9. The molecule has 0 saturated heterocycles. The van der Waals surface area contributed by atoms with E-state index >= 15 is 0 Å². The van der Waals surface area contributed by atoms with Crippen LogP contribution in [0, 0.1) is 0 Å². The molecular weight excluding hydrogens is 368 g/mol. The molecule has 29 heavy (non-hydrogen) atoms. The van der Waals surface area contributed by atoms with Crippen LogP contribution in [0.2, 0.25) is 0 Å². The van der Waals surface area contributed by atoms with E-state index in [1.807, 2.05) is 26.8 Å². The fraction of sp³-hybridized carbons (Fsp3) is 0.273. The van der Waals surface area contributed by atoms with Crippen molar-refractivity contribution in [2.75, 3.05) is 5.32 Å². The molecule has 0 aliphatic carbocycles. The Bertz CT molecular complexity index is 1130. The fourth-order valence-corrected chi connectivity index (χ4v) is 2.98. The van der Waals surface area contributed by atoms with E-state index in [-0.39, 0.29) is 29.3 Å². The molecule has 7 heteroatoms. The van der Waals surface area contributed by atoms with Crippen LogP contribution in [0.3, 0.4) is 0 Å². The van der Waals surface area contributed by atoms with E-state index in [1.165, 1.54) is 4.68 Å². The van der Waals surface area contributed by atoms with Crippen LogP contribution < -0.4 is 16.2 Å². The summed E-state index contributed by atoms with van der Waals surface area (Å²) in [6, 6.07) is 13.8. The number of hydrogen-bond donors (Lipinski definition) is 2. The second-order valence-electron chi connectivity index (χ2n) is 7.93. The second kappa shape index (κ2) is 7.87. The number of nitrogens with one attached hydrogen (secondary N) is 2. The normalized spacial score (nSPS) is 11.3. The van der Waals surface area contributed by atoms with E-state index in [0.29, 0.717) is 27.7 Å². The van der Waals surface area contributed by atoms with Crippen LogP contribution in [0.15, 0.2) is 53.3 Å². The minimum Gasteiger partial charge on any atom is -0.347 e. The summed E-state index contributed by atoms with van der Waals surface area (Å²) in [5.74, 6) is -0.426. The minimum absolute atomic E-state index is 0.0287.